The van der Waals surface area contributed by atoms with Crippen LogP contribution in [0.15, 0.2) is 53.6 Å². The third-order valence-corrected chi connectivity index (χ3v) is 6.22. The summed E-state index contributed by atoms with van der Waals surface area (Å²) in [7, 11) is 1.91. The van der Waals surface area contributed by atoms with Crippen molar-refractivity contribution in [2.24, 2.45) is 0 Å². The molecule has 1 aromatic heterocycles. The van der Waals surface area contributed by atoms with Crippen LogP contribution in [0.3, 0.4) is 0 Å². The molecule has 0 radical (unpaired) electrons. The summed E-state index contributed by atoms with van der Waals surface area (Å²) < 4.78 is 6.06. The Bertz CT molecular complexity index is 801. The highest BCUT2D eigenvalue weighted by Gasteiger charge is 2.52. The molecule has 0 unspecified atom stereocenters. The molecule has 4 rings (SSSR count). The fourth-order valence-electron chi connectivity index (χ4n) is 4.13. The summed E-state index contributed by atoms with van der Waals surface area (Å²) in [4.78, 5) is 21.3. The van der Waals surface area contributed by atoms with Crippen molar-refractivity contribution in [1.29, 1.82) is 0 Å². The first-order valence-corrected chi connectivity index (χ1v) is 10.1. The molecule has 0 bridgehead atoms. The number of pyridine rings is 1. The number of likely N-dealkylation sites (N-methyl/N-ethyl adjacent to an activating group) is 1. The lowest BCUT2D eigenvalue weighted by Crippen LogP contribution is -2.67. The van der Waals surface area contributed by atoms with Gasteiger partial charge in [0.05, 0.1) is 10.6 Å². The number of piperidine rings is 1. The number of nitrogens with zero attached hydrogens (tertiary/aromatic N) is 3. The van der Waals surface area contributed by atoms with Gasteiger partial charge >= 0.3 is 0 Å². The van der Waals surface area contributed by atoms with Gasteiger partial charge in [0.2, 0.25) is 5.91 Å². The molecular formula is C20H23N3O2S. The Morgan fingerprint density at radius 2 is 2.00 bits per heavy atom. The third kappa shape index (κ3) is 2.77. The number of thioether (sulfide) groups is 1. The zero-order chi connectivity index (χ0) is 18.1. The second kappa shape index (κ2) is 6.93. The lowest BCUT2D eigenvalue weighted by atomic mass is 9.76. The molecule has 1 amide bonds. The summed E-state index contributed by atoms with van der Waals surface area (Å²) in [6.07, 6.45) is 2.77. The second-order valence-electron chi connectivity index (χ2n) is 6.78. The maximum Gasteiger partial charge on any atom is 0.249 e. The van der Waals surface area contributed by atoms with Gasteiger partial charge in [0.25, 0.3) is 0 Å². The average molecular weight is 369 g/mol. The summed E-state index contributed by atoms with van der Waals surface area (Å²) >= 11 is 1.64. The molecule has 0 N–H and O–H groups in total. The SMILES string of the molecule is CSc1cccc(N2CC[C@]3(c4ccccc4)[C@@H](C2)OCC(=O)N3C)n1. The largest absolute Gasteiger partial charge is 0.364 e. The molecule has 2 aromatic rings. The molecule has 2 atom stereocenters. The first-order valence-electron chi connectivity index (χ1n) is 8.85. The van der Waals surface area contributed by atoms with E-state index in [2.05, 4.69) is 17.0 Å². The van der Waals surface area contributed by atoms with Gasteiger partial charge < -0.3 is 14.5 Å². The number of morpholine rings is 1. The molecule has 0 spiro atoms. The van der Waals surface area contributed by atoms with Crippen LogP contribution in [0.5, 0.6) is 0 Å². The zero-order valence-corrected chi connectivity index (χ0v) is 15.9. The second-order valence-corrected chi connectivity index (χ2v) is 7.60. The molecule has 2 fully saturated rings. The molecule has 2 saturated heterocycles. The highest BCUT2D eigenvalue weighted by Crippen LogP contribution is 2.42. The highest BCUT2D eigenvalue weighted by molar-refractivity contribution is 7.98. The van der Waals surface area contributed by atoms with Crippen molar-refractivity contribution >= 4 is 23.5 Å². The Morgan fingerprint density at radius 1 is 1.19 bits per heavy atom. The van der Waals surface area contributed by atoms with Gasteiger partial charge in [-0.15, -0.1) is 11.8 Å². The van der Waals surface area contributed by atoms with Gasteiger partial charge in [-0.2, -0.15) is 0 Å². The van der Waals surface area contributed by atoms with Crippen molar-refractivity contribution < 1.29 is 9.53 Å². The van der Waals surface area contributed by atoms with E-state index in [9.17, 15) is 4.79 Å². The predicted molar refractivity (Wildman–Crippen MR) is 103 cm³/mol. The molecule has 26 heavy (non-hydrogen) atoms. The first kappa shape index (κ1) is 17.4. The minimum atomic E-state index is -0.412. The minimum Gasteiger partial charge on any atom is -0.364 e. The molecule has 2 aliphatic rings. The highest BCUT2D eigenvalue weighted by atomic mass is 32.2. The monoisotopic (exact) mass is 369 g/mol. The number of carbonyl (C=O) groups excluding carboxylic acids is 1. The van der Waals surface area contributed by atoms with Gasteiger partial charge in [-0.1, -0.05) is 36.4 Å². The van der Waals surface area contributed by atoms with E-state index in [0.717, 1.165) is 35.9 Å². The smallest absolute Gasteiger partial charge is 0.249 e. The van der Waals surface area contributed by atoms with Crippen LogP contribution in [0.2, 0.25) is 0 Å². The first-order chi connectivity index (χ1) is 12.6. The van der Waals surface area contributed by atoms with E-state index < -0.39 is 5.54 Å². The maximum atomic E-state index is 12.4. The number of benzene rings is 1. The van der Waals surface area contributed by atoms with Crippen molar-refractivity contribution in [3.8, 4) is 0 Å². The Morgan fingerprint density at radius 3 is 2.77 bits per heavy atom. The number of fused-ring (bicyclic) bond motifs is 1. The van der Waals surface area contributed by atoms with Crippen LogP contribution in [0, 0.1) is 0 Å². The Hall–Kier alpha value is -2.05. The van der Waals surface area contributed by atoms with E-state index in [1.165, 1.54) is 0 Å². The van der Waals surface area contributed by atoms with Gasteiger partial charge in [0, 0.05) is 20.1 Å². The van der Waals surface area contributed by atoms with Crippen molar-refractivity contribution in [3.63, 3.8) is 0 Å². The van der Waals surface area contributed by atoms with Crippen molar-refractivity contribution in [2.75, 3.05) is 37.9 Å². The number of rotatable bonds is 3. The van der Waals surface area contributed by atoms with Gasteiger partial charge in [-0.05, 0) is 30.4 Å². The summed E-state index contributed by atoms with van der Waals surface area (Å²) in [5.41, 5.74) is 0.732. The summed E-state index contributed by atoms with van der Waals surface area (Å²) in [5, 5.41) is 1.01. The number of aromatic nitrogens is 1. The average Bonchev–Trinajstić information content (AvgIpc) is 2.71. The lowest BCUT2D eigenvalue weighted by molar-refractivity contribution is -0.173. The van der Waals surface area contributed by atoms with E-state index in [1.54, 1.807) is 11.8 Å². The van der Waals surface area contributed by atoms with Crippen molar-refractivity contribution in [1.82, 2.24) is 9.88 Å². The van der Waals surface area contributed by atoms with Crippen LogP contribution in [0.1, 0.15) is 12.0 Å². The van der Waals surface area contributed by atoms with E-state index in [0.29, 0.717) is 0 Å². The lowest BCUT2D eigenvalue weighted by Gasteiger charge is -2.55. The number of anilines is 1. The Labute approximate surface area is 158 Å². The van der Waals surface area contributed by atoms with Gasteiger partial charge in [0.15, 0.2) is 0 Å². The van der Waals surface area contributed by atoms with E-state index in [1.807, 2.05) is 54.6 Å². The molecule has 1 aromatic carbocycles. The number of amides is 1. The van der Waals surface area contributed by atoms with Crippen LogP contribution in [-0.2, 0) is 15.1 Å². The predicted octanol–water partition coefficient (Wildman–Crippen LogP) is 2.77. The summed E-state index contributed by atoms with van der Waals surface area (Å²) in [5.74, 6) is 1.02. The number of ether oxygens (including phenoxy) is 1. The van der Waals surface area contributed by atoms with Crippen molar-refractivity contribution in [3.05, 3.63) is 54.1 Å². The fourth-order valence-corrected chi connectivity index (χ4v) is 4.53. The zero-order valence-electron chi connectivity index (χ0n) is 15.1. The number of hydrogen-bond acceptors (Lipinski definition) is 5. The summed E-state index contributed by atoms with van der Waals surface area (Å²) in [6, 6.07) is 16.4. The quantitative estimate of drug-likeness (QED) is 0.779. The van der Waals surface area contributed by atoms with Crippen LogP contribution in [0.4, 0.5) is 5.82 Å². The molecule has 136 valence electrons. The molecule has 0 aliphatic carbocycles. The maximum absolute atomic E-state index is 12.4. The molecule has 0 saturated carbocycles. The van der Waals surface area contributed by atoms with Crippen molar-refractivity contribution in [2.45, 2.75) is 23.1 Å². The van der Waals surface area contributed by atoms with E-state index in [4.69, 9.17) is 9.72 Å². The van der Waals surface area contributed by atoms with Crippen LogP contribution >= 0.6 is 11.8 Å². The molecule has 2 aliphatic heterocycles. The molecule has 6 heteroatoms. The standard InChI is InChI=1S/C20H23N3O2S/c1-22-19(24)14-25-16-13-23(17-9-6-10-18(21-17)26-2)12-11-20(16,22)15-7-4-3-5-8-15/h3-10,16H,11-14H2,1-2H3/t16-,20+/m1/s1. The van der Waals surface area contributed by atoms with E-state index in [-0.39, 0.29) is 18.6 Å². The topological polar surface area (TPSA) is 45.7 Å². The minimum absolute atomic E-state index is 0.0426. The van der Waals surface area contributed by atoms with Gasteiger partial charge in [-0.3, -0.25) is 4.79 Å². The Balaban J connectivity index is 1.68. The number of carbonyl (C=O) groups is 1. The molecule has 3 heterocycles. The third-order valence-electron chi connectivity index (χ3n) is 5.58. The molecular weight excluding hydrogens is 346 g/mol. The van der Waals surface area contributed by atoms with Gasteiger partial charge in [-0.25, -0.2) is 4.98 Å². The molecule has 5 nitrogen and oxygen atoms in total. The van der Waals surface area contributed by atoms with Crippen LogP contribution < -0.4 is 4.90 Å². The van der Waals surface area contributed by atoms with Crippen LogP contribution in [-0.4, -0.2) is 54.9 Å². The van der Waals surface area contributed by atoms with Crippen LogP contribution in [0.25, 0.3) is 0 Å². The summed E-state index contributed by atoms with van der Waals surface area (Å²) in [6.45, 7) is 1.69. The number of hydrogen-bond donors (Lipinski definition) is 0. The fraction of sp³-hybridized carbons (Fsp3) is 0.400. The van der Waals surface area contributed by atoms with E-state index >= 15 is 0 Å². The Kier molecular flexibility index (Phi) is 4.63. The van der Waals surface area contributed by atoms with Gasteiger partial charge in [0.1, 0.15) is 18.5 Å². The normalized spacial score (nSPS) is 25.9.